The molecular formula is C17H20FNO5. The van der Waals surface area contributed by atoms with Crippen LogP contribution in [-0.2, 0) is 20.7 Å². The van der Waals surface area contributed by atoms with Gasteiger partial charge in [-0.05, 0) is 46.2 Å². The fourth-order valence-electron chi connectivity index (χ4n) is 2.48. The lowest BCUT2D eigenvalue weighted by atomic mass is 10.1. The summed E-state index contributed by atoms with van der Waals surface area (Å²) in [5.74, 6) is -2.86. The summed E-state index contributed by atoms with van der Waals surface area (Å²) in [6.07, 6.45) is -0.791. The largest absolute Gasteiger partial charge is 0.465 e. The smallest absolute Gasteiger partial charge is 0.412 e. The van der Waals surface area contributed by atoms with Crippen LogP contribution in [0.3, 0.4) is 0 Å². The second kappa shape index (κ2) is 6.59. The number of esters is 1. The zero-order valence-electron chi connectivity index (χ0n) is 14.1. The number of hydrogen-bond donors (Lipinski definition) is 1. The van der Waals surface area contributed by atoms with Gasteiger partial charge in [0.2, 0.25) is 0 Å². The molecule has 0 aliphatic heterocycles. The lowest BCUT2D eigenvalue weighted by Crippen LogP contribution is -2.27. The topological polar surface area (TPSA) is 81.7 Å². The van der Waals surface area contributed by atoms with Crippen molar-refractivity contribution in [2.24, 2.45) is 5.92 Å². The van der Waals surface area contributed by atoms with E-state index in [0.717, 1.165) is 6.07 Å². The van der Waals surface area contributed by atoms with Crippen molar-refractivity contribution in [3.8, 4) is 0 Å². The number of rotatable bonds is 3. The average molecular weight is 337 g/mol. The first kappa shape index (κ1) is 17.9. The van der Waals surface area contributed by atoms with Crippen molar-refractivity contribution in [2.75, 3.05) is 11.9 Å². The molecule has 0 heterocycles. The molecule has 7 heteroatoms. The van der Waals surface area contributed by atoms with Crippen LogP contribution in [-0.4, -0.2) is 30.1 Å². The van der Waals surface area contributed by atoms with E-state index in [-0.39, 0.29) is 29.8 Å². The van der Waals surface area contributed by atoms with E-state index in [1.165, 1.54) is 6.07 Å². The minimum absolute atomic E-state index is 0.0362. The van der Waals surface area contributed by atoms with E-state index < -0.39 is 35.2 Å². The summed E-state index contributed by atoms with van der Waals surface area (Å²) in [6.45, 7) is 6.87. The van der Waals surface area contributed by atoms with Gasteiger partial charge in [-0.3, -0.25) is 14.9 Å². The molecule has 0 saturated carbocycles. The molecule has 1 aromatic carbocycles. The molecule has 1 aromatic rings. The Hall–Kier alpha value is -2.44. The molecule has 1 aliphatic carbocycles. The molecule has 24 heavy (non-hydrogen) atoms. The zero-order valence-corrected chi connectivity index (χ0v) is 14.1. The van der Waals surface area contributed by atoms with Crippen molar-refractivity contribution in [2.45, 2.75) is 39.7 Å². The lowest BCUT2D eigenvalue weighted by molar-refractivity contribution is -0.145. The predicted molar refractivity (Wildman–Crippen MR) is 84.4 cm³/mol. The summed E-state index contributed by atoms with van der Waals surface area (Å²) >= 11 is 0. The standard InChI is InChI=1S/C17H20FNO5/c1-5-23-15(21)12-8-10-11(14(12)20)6-9(7-13(10)18)19-16(22)24-17(2,3)4/h6-7,12H,5,8H2,1-4H3,(H,19,22). The SMILES string of the molecule is CCOC(=O)C1Cc2c(F)cc(NC(=O)OC(C)(C)C)cc2C1=O. The van der Waals surface area contributed by atoms with Crippen LogP contribution in [0.4, 0.5) is 14.9 Å². The maximum absolute atomic E-state index is 14.2. The molecule has 1 N–H and O–H groups in total. The molecule has 0 fully saturated rings. The average Bonchev–Trinajstić information content (AvgIpc) is 2.75. The third-order valence-corrected chi connectivity index (χ3v) is 3.40. The fraction of sp³-hybridized carbons (Fsp3) is 0.471. The number of carbonyl (C=O) groups excluding carboxylic acids is 3. The van der Waals surface area contributed by atoms with Gasteiger partial charge in [0, 0.05) is 16.8 Å². The Labute approximate surface area is 139 Å². The molecule has 0 radical (unpaired) electrons. The van der Waals surface area contributed by atoms with Gasteiger partial charge in [0.15, 0.2) is 5.78 Å². The summed E-state index contributed by atoms with van der Waals surface area (Å²) in [7, 11) is 0. The molecule has 0 saturated heterocycles. The number of hydrogen-bond acceptors (Lipinski definition) is 5. The van der Waals surface area contributed by atoms with Crippen LogP contribution in [0.2, 0.25) is 0 Å². The minimum atomic E-state index is -1.04. The van der Waals surface area contributed by atoms with Gasteiger partial charge in [-0.15, -0.1) is 0 Å². The van der Waals surface area contributed by atoms with E-state index in [2.05, 4.69) is 5.32 Å². The van der Waals surface area contributed by atoms with Gasteiger partial charge in [-0.2, -0.15) is 0 Å². The monoisotopic (exact) mass is 337 g/mol. The number of ether oxygens (including phenoxy) is 2. The molecule has 0 bridgehead atoms. The number of amides is 1. The summed E-state index contributed by atoms with van der Waals surface area (Å²) in [4.78, 5) is 35.9. The minimum Gasteiger partial charge on any atom is -0.465 e. The molecule has 1 amide bonds. The van der Waals surface area contributed by atoms with Gasteiger partial charge in [0.1, 0.15) is 17.3 Å². The number of nitrogens with one attached hydrogen (secondary N) is 1. The molecule has 1 aliphatic rings. The van der Waals surface area contributed by atoms with E-state index in [4.69, 9.17) is 9.47 Å². The zero-order chi connectivity index (χ0) is 18.1. The van der Waals surface area contributed by atoms with Crippen LogP contribution in [0.25, 0.3) is 0 Å². The summed E-state index contributed by atoms with van der Waals surface area (Å²) < 4.78 is 24.2. The van der Waals surface area contributed by atoms with Crippen molar-refractivity contribution < 1.29 is 28.2 Å². The van der Waals surface area contributed by atoms with E-state index >= 15 is 0 Å². The molecule has 1 unspecified atom stereocenters. The Balaban J connectivity index is 2.22. The predicted octanol–water partition coefficient (Wildman–Crippen LogP) is 3.09. The Bertz CT molecular complexity index is 693. The Kier molecular flexibility index (Phi) is 4.91. The van der Waals surface area contributed by atoms with Gasteiger partial charge in [-0.25, -0.2) is 9.18 Å². The van der Waals surface area contributed by atoms with Gasteiger partial charge in [0.05, 0.1) is 6.61 Å². The number of fused-ring (bicyclic) bond motifs is 1. The van der Waals surface area contributed by atoms with Crippen molar-refractivity contribution in [1.29, 1.82) is 0 Å². The molecule has 6 nitrogen and oxygen atoms in total. The Morgan fingerprint density at radius 1 is 1.33 bits per heavy atom. The normalized spacial score (nSPS) is 16.5. The van der Waals surface area contributed by atoms with Crippen molar-refractivity contribution in [3.63, 3.8) is 0 Å². The number of ketones is 1. The van der Waals surface area contributed by atoms with E-state index in [1.54, 1.807) is 27.7 Å². The van der Waals surface area contributed by atoms with Gasteiger partial charge >= 0.3 is 12.1 Å². The van der Waals surface area contributed by atoms with Crippen molar-refractivity contribution in [3.05, 3.63) is 29.1 Å². The molecule has 130 valence electrons. The maximum atomic E-state index is 14.2. The third-order valence-electron chi connectivity index (χ3n) is 3.40. The molecule has 0 spiro atoms. The van der Waals surface area contributed by atoms with Crippen LogP contribution in [0.15, 0.2) is 12.1 Å². The van der Waals surface area contributed by atoms with Crippen LogP contribution in [0.1, 0.15) is 43.6 Å². The number of anilines is 1. The molecule has 0 aromatic heterocycles. The highest BCUT2D eigenvalue weighted by atomic mass is 19.1. The molecule has 1 atom stereocenters. The first-order valence-electron chi connectivity index (χ1n) is 7.65. The van der Waals surface area contributed by atoms with E-state index in [1.807, 2.05) is 0 Å². The second-order valence-electron chi connectivity index (χ2n) is 6.48. The van der Waals surface area contributed by atoms with E-state index in [0.29, 0.717) is 0 Å². The lowest BCUT2D eigenvalue weighted by Gasteiger charge is -2.19. The highest BCUT2D eigenvalue weighted by molar-refractivity contribution is 6.13. The van der Waals surface area contributed by atoms with Crippen molar-refractivity contribution in [1.82, 2.24) is 0 Å². The Morgan fingerprint density at radius 3 is 2.58 bits per heavy atom. The fourth-order valence-corrected chi connectivity index (χ4v) is 2.48. The number of carbonyl (C=O) groups is 3. The highest BCUT2D eigenvalue weighted by Crippen LogP contribution is 2.32. The van der Waals surface area contributed by atoms with Crippen molar-refractivity contribution >= 4 is 23.5 Å². The third kappa shape index (κ3) is 3.90. The first-order valence-corrected chi connectivity index (χ1v) is 7.65. The second-order valence-corrected chi connectivity index (χ2v) is 6.48. The summed E-state index contributed by atoms with van der Waals surface area (Å²) in [5.41, 5.74) is -0.366. The number of Topliss-reactive ketones (excluding diaryl/α,β-unsaturated/α-hetero) is 1. The number of benzene rings is 1. The first-order chi connectivity index (χ1) is 11.1. The van der Waals surface area contributed by atoms with Crippen LogP contribution >= 0.6 is 0 Å². The highest BCUT2D eigenvalue weighted by Gasteiger charge is 2.39. The molecular weight excluding hydrogens is 317 g/mol. The van der Waals surface area contributed by atoms with Crippen LogP contribution in [0, 0.1) is 11.7 Å². The summed E-state index contributed by atoms with van der Waals surface area (Å²) in [6, 6.07) is 2.45. The van der Waals surface area contributed by atoms with Gasteiger partial charge in [0.25, 0.3) is 0 Å². The summed E-state index contributed by atoms with van der Waals surface area (Å²) in [5, 5.41) is 2.39. The van der Waals surface area contributed by atoms with E-state index in [9.17, 15) is 18.8 Å². The number of halogens is 1. The maximum Gasteiger partial charge on any atom is 0.412 e. The van der Waals surface area contributed by atoms with Gasteiger partial charge in [-0.1, -0.05) is 0 Å². The Morgan fingerprint density at radius 2 is 2.00 bits per heavy atom. The van der Waals surface area contributed by atoms with Gasteiger partial charge < -0.3 is 9.47 Å². The quantitative estimate of drug-likeness (QED) is 0.677. The van der Waals surface area contributed by atoms with Crippen LogP contribution in [0.5, 0.6) is 0 Å². The van der Waals surface area contributed by atoms with Crippen LogP contribution < -0.4 is 5.32 Å². The molecule has 2 rings (SSSR count).